The molecular weight excluding hydrogens is 289 g/mol. The van der Waals surface area contributed by atoms with Gasteiger partial charge in [-0.3, -0.25) is 10.1 Å². The molecule has 0 aliphatic rings. The summed E-state index contributed by atoms with van der Waals surface area (Å²) in [4.78, 5) is 23.9. The molecule has 3 amide bonds. The van der Waals surface area contributed by atoms with Crippen LogP contribution in [0.3, 0.4) is 0 Å². The molecule has 0 radical (unpaired) electrons. The number of quaternary nitrogens is 1. The molecule has 1 aromatic rings. The lowest BCUT2D eigenvalue weighted by atomic mass is 10.2. The van der Waals surface area contributed by atoms with E-state index in [1.807, 2.05) is 6.92 Å². The normalized spacial score (nSPS) is 11.6. The van der Waals surface area contributed by atoms with Crippen molar-refractivity contribution in [3.05, 3.63) is 29.6 Å². The Morgan fingerprint density at radius 1 is 1.36 bits per heavy atom. The smallest absolute Gasteiger partial charge is 0.321 e. The Hall–Kier alpha value is -2.15. The van der Waals surface area contributed by atoms with E-state index < -0.39 is 11.8 Å². The number of nitrogens with one attached hydrogen (secondary N) is 3. The van der Waals surface area contributed by atoms with Crippen molar-refractivity contribution in [3.8, 4) is 5.75 Å². The number of ether oxygens (including phenoxy) is 1. The molecule has 0 saturated heterocycles. The molecule has 22 heavy (non-hydrogen) atoms. The summed E-state index contributed by atoms with van der Waals surface area (Å²) in [5.74, 6) is -0.622. The predicted octanol–water partition coefficient (Wildman–Crippen LogP) is 0.0848. The minimum Gasteiger partial charge on any atom is -0.494 e. The average Bonchev–Trinajstić information content (AvgIpc) is 2.44. The van der Waals surface area contributed by atoms with E-state index in [0.717, 1.165) is 16.9 Å². The first kappa shape index (κ1) is 17.9. The van der Waals surface area contributed by atoms with Gasteiger partial charge < -0.3 is 15.0 Å². The molecule has 0 bridgehead atoms. The molecule has 122 valence electrons. The fraction of sp³-hybridized carbons (Fsp3) is 0.467. The third kappa shape index (κ3) is 6.09. The van der Waals surface area contributed by atoms with Crippen LogP contribution in [-0.4, -0.2) is 39.2 Å². The van der Waals surface area contributed by atoms with Gasteiger partial charge in [-0.2, -0.15) is 0 Å². The molecule has 0 aliphatic heterocycles. The summed E-state index contributed by atoms with van der Waals surface area (Å²) in [6, 6.07) is 4.19. The van der Waals surface area contributed by atoms with Gasteiger partial charge in [-0.1, -0.05) is 6.92 Å². The lowest BCUT2D eigenvalue weighted by molar-refractivity contribution is -0.885. The predicted molar refractivity (Wildman–Crippen MR) is 80.2 cm³/mol. The minimum absolute atomic E-state index is 0.118. The van der Waals surface area contributed by atoms with Crippen LogP contribution in [0.5, 0.6) is 5.75 Å². The van der Waals surface area contributed by atoms with Gasteiger partial charge in [0, 0.05) is 12.1 Å². The zero-order valence-electron chi connectivity index (χ0n) is 13.2. The van der Waals surface area contributed by atoms with Crippen molar-refractivity contribution in [1.29, 1.82) is 0 Å². The molecule has 1 unspecified atom stereocenters. The Labute approximate surface area is 129 Å². The Morgan fingerprint density at radius 2 is 2.09 bits per heavy atom. The van der Waals surface area contributed by atoms with E-state index in [9.17, 15) is 14.0 Å². The standard InChI is InChI=1S/C15H22FN3O3/c1-4-7-17-15(21)18-14(20)10-19(2)9-11-5-6-13(22-3)12(16)8-11/h5-6,8H,4,7,9-10H2,1-3H3,(H2,17,18,20,21)/p+1. The van der Waals surface area contributed by atoms with Crippen LogP contribution in [0.4, 0.5) is 9.18 Å². The number of amides is 3. The van der Waals surface area contributed by atoms with Crippen molar-refractivity contribution >= 4 is 11.9 Å². The Balaban J connectivity index is 2.45. The average molecular weight is 312 g/mol. The second-order valence-corrected chi connectivity index (χ2v) is 5.08. The molecule has 3 N–H and O–H groups in total. The fourth-order valence-corrected chi connectivity index (χ4v) is 1.96. The van der Waals surface area contributed by atoms with E-state index in [1.165, 1.54) is 13.2 Å². The largest absolute Gasteiger partial charge is 0.494 e. The summed E-state index contributed by atoms with van der Waals surface area (Å²) >= 11 is 0. The molecule has 7 heteroatoms. The molecule has 0 heterocycles. The van der Waals surface area contributed by atoms with E-state index in [-0.39, 0.29) is 18.2 Å². The summed E-state index contributed by atoms with van der Waals surface area (Å²) in [5, 5.41) is 4.82. The maximum Gasteiger partial charge on any atom is 0.321 e. The number of benzene rings is 1. The van der Waals surface area contributed by atoms with Gasteiger partial charge in [0.2, 0.25) is 0 Å². The summed E-state index contributed by atoms with van der Waals surface area (Å²) < 4.78 is 18.4. The molecule has 6 nitrogen and oxygen atoms in total. The molecule has 0 aliphatic carbocycles. The molecule has 0 spiro atoms. The lowest BCUT2D eigenvalue weighted by Crippen LogP contribution is -3.09. The first-order valence-corrected chi connectivity index (χ1v) is 7.17. The molecule has 0 saturated carbocycles. The number of methoxy groups -OCH3 is 1. The maximum absolute atomic E-state index is 13.6. The number of likely N-dealkylation sites (N-methyl/N-ethyl adjacent to an activating group) is 1. The number of rotatable bonds is 7. The zero-order chi connectivity index (χ0) is 16.5. The molecule has 1 atom stereocenters. The third-order valence-corrected chi connectivity index (χ3v) is 2.97. The van der Waals surface area contributed by atoms with Crippen LogP contribution < -0.4 is 20.3 Å². The highest BCUT2D eigenvalue weighted by molar-refractivity contribution is 5.94. The van der Waals surface area contributed by atoms with Gasteiger partial charge in [0.1, 0.15) is 6.54 Å². The van der Waals surface area contributed by atoms with Gasteiger partial charge in [-0.05, 0) is 24.6 Å². The van der Waals surface area contributed by atoms with Gasteiger partial charge in [-0.25, -0.2) is 9.18 Å². The highest BCUT2D eigenvalue weighted by Crippen LogP contribution is 2.16. The van der Waals surface area contributed by atoms with Gasteiger partial charge in [0.15, 0.2) is 18.1 Å². The monoisotopic (exact) mass is 312 g/mol. The van der Waals surface area contributed by atoms with Crippen molar-refractivity contribution in [2.45, 2.75) is 19.9 Å². The number of imide groups is 1. The van der Waals surface area contributed by atoms with E-state index in [2.05, 4.69) is 10.6 Å². The molecule has 1 rings (SSSR count). The van der Waals surface area contributed by atoms with Crippen LogP contribution in [0.25, 0.3) is 0 Å². The Kier molecular flexibility index (Phi) is 7.31. The summed E-state index contributed by atoms with van der Waals surface area (Å²) in [6.45, 7) is 3.03. The van der Waals surface area contributed by atoms with Gasteiger partial charge in [0.25, 0.3) is 5.91 Å². The van der Waals surface area contributed by atoms with Crippen LogP contribution in [-0.2, 0) is 11.3 Å². The van der Waals surface area contributed by atoms with Gasteiger partial charge in [0.05, 0.1) is 14.2 Å². The first-order chi connectivity index (χ1) is 10.5. The van der Waals surface area contributed by atoms with Crippen LogP contribution in [0.2, 0.25) is 0 Å². The molecule has 1 aromatic carbocycles. The highest BCUT2D eigenvalue weighted by atomic mass is 19.1. The van der Waals surface area contributed by atoms with Crippen LogP contribution in [0.1, 0.15) is 18.9 Å². The maximum atomic E-state index is 13.6. The van der Waals surface area contributed by atoms with Crippen LogP contribution in [0, 0.1) is 5.82 Å². The van der Waals surface area contributed by atoms with E-state index in [4.69, 9.17) is 4.74 Å². The number of urea groups is 1. The SMILES string of the molecule is CCCNC(=O)NC(=O)C[NH+](C)Cc1ccc(OC)c(F)c1. The summed E-state index contributed by atoms with van der Waals surface area (Å²) in [6.07, 6.45) is 0.801. The molecular formula is C15H23FN3O3+. The Bertz CT molecular complexity index is 523. The van der Waals surface area contributed by atoms with Crippen LogP contribution >= 0.6 is 0 Å². The lowest BCUT2D eigenvalue weighted by Gasteiger charge is -2.14. The molecule has 0 aromatic heterocycles. The van der Waals surface area contributed by atoms with Crippen molar-refractivity contribution in [3.63, 3.8) is 0 Å². The number of halogens is 1. The number of carbonyl (C=O) groups excluding carboxylic acids is 2. The van der Waals surface area contributed by atoms with Crippen molar-refractivity contribution in [2.24, 2.45) is 0 Å². The number of hydrogen-bond acceptors (Lipinski definition) is 3. The number of hydrogen-bond donors (Lipinski definition) is 3. The second-order valence-electron chi connectivity index (χ2n) is 5.08. The summed E-state index contributed by atoms with van der Waals surface area (Å²) in [5.41, 5.74) is 0.749. The first-order valence-electron chi connectivity index (χ1n) is 7.17. The van der Waals surface area contributed by atoms with Crippen LogP contribution in [0.15, 0.2) is 18.2 Å². The second kappa shape index (κ2) is 8.99. The van der Waals surface area contributed by atoms with E-state index in [1.54, 1.807) is 19.2 Å². The summed E-state index contributed by atoms with van der Waals surface area (Å²) in [7, 11) is 3.20. The van der Waals surface area contributed by atoms with Crippen molar-refractivity contribution in [1.82, 2.24) is 10.6 Å². The van der Waals surface area contributed by atoms with Crippen molar-refractivity contribution in [2.75, 3.05) is 27.2 Å². The zero-order valence-corrected chi connectivity index (χ0v) is 13.2. The topological polar surface area (TPSA) is 71.9 Å². The van der Waals surface area contributed by atoms with Gasteiger partial charge >= 0.3 is 6.03 Å². The molecule has 0 fully saturated rings. The van der Waals surface area contributed by atoms with E-state index >= 15 is 0 Å². The third-order valence-electron chi connectivity index (χ3n) is 2.97. The fourth-order valence-electron chi connectivity index (χ4n) is 1.96. The highest BCUT2D eigenvalue weighted by Gasteiger charge is 2.14. The van der Waals surface area contributed by atoms with Crippen molar-refractivity contribution < 1.29 is 23.6 Å². The Morgan fingerprint density at radius 3 is 2.68 bits per heavy atom. The quantitative estimate of drug-likeness (QED) is 0.668. The number of carbonyl (C=O) groups is 2. The minimum atomic E-state index is -0.491. The van der Waals surface area contributed by atoms with Gasteiger partial charge in [-0.15, -0.1) is 0 Å². The van der Waals surface area contributed by atoms with E-state index in [0.29, 0.717) is 13.1 Å².